The number of aryl methyl sites for hydroxylation is 1. The molecule has 0 N–H and O–H groups in total. The smallest absolute Gasteiger partial charge is 0.272 e. The molecule has 126 valence electrons. The second kappa shape index (κ2) is 7.28. The summed E-state index contributed by atoms with van der Waals surface area (Å²) in [6.07, 6.45) is 1.63. The van der Waals surface area contributed by atoms with Crippen LogP contribution in [-0.4, -0.2) is 51.9 Å². The van der Waals surface area contributed by atoms with Gasteiger partial charge in [0, 0.05) is 43.4 Å². The monoisotopic (exact) mass is 344 g/mol. The molecule has 2 aromatic rings. The average molecular weight is 345 g/mol. The molecule has 1 aromatic heterocycles. The van der Waals surface area contributed by atoms with Gasteiger partial charge < -0.3 is 4.90 Å². The predicted octanol–water partition coefficient (Wildman–Crippen LogP) is 2.96. The Bertz CT molecular complexity index is 711. The van der Waals surface area contributed by atoms with Gasteiger partial charge in [0.25, 0.3) is 5.91 Å². The molecule has 2 heterocycles. The maximum atomic E-state index is 12.5. The number of piperazine rings is 1. The number of carbonyl (C=O) groups excluding carboxylic acids is 1. The molecular weight excluding hydrogens is 324 g/mol. The molecule has 1 atom stereocenters. The van der Waals surface area contributed by atoms with E-state index in [1.165, 1.54) is 5.56 Å². The second-order valence-corrected chi connectivity index (χ2v) is 6.48. The molecule has 0 aliphatic carbocycles. The van der Waals surface area contributed by atoms with E-state index in [1.54, 1.807) is 19.2 Å². The molecule has 1 aliphatic heterocycles. The number of amides is 1. The largest absolute Gasteiger partial charge is 0.335 e. The fourth-order valence-electron chi connectivity index (χ4n) is 3.00. The van der Waals surface area contributed by atoms with Crippen LogP contribution in [0.5, 0.6) is 0 Å². The maximum Gasteiger partial charge on any atom is 0.272 e. The van der Waals surface area contributed by atoms with Crippen LogP contribution in [0.1, 0.15) is 34.8 Å². The Labute approximate surface area is 147 Å². The summed E-state index contributed by atoms with van der Waals surface area (Å²) in [5, 5.41) is 0.751. The minimum absolute atomic E-state index is 0.0145. The third kappa shape index (κ3) is 3.74. The van der Waals surface area contributed by atoms with Crippen molar-refractivity contribution >= 4 is 17.5 Å². The van der Waals surface area contributed by atoms with Crippen molar-refractivity contribution in [2.45, 2.75) is 19.9 Å². The number of rotatable bonds is 3. The minimum atomic E-state index is -0.0145. The van der Waals surface area contributed by atoms with E-state index in [-0.39, 0.29) is 5.91 Å². The minimum Gasteiger partial charge on any atom is -0.335 e. The number of carbonyl (C=O) groups is 1. The van der Waals surface area contributed by atoms with Crippen LogP contribution >= 0.6 is 11.6 Å². The summed E-state index contributed by atoms with van der Waals surface area (Å²) in [4.78, 5) is 25.1. The zero-order valence-corrected chi connectivity index (χ0v) is 14.7. The average Bonchev–Trinajstić information content (AvgIpc) is 2.61. The summed E-state index contributed by atoms with van der Waals surface area (Å²) in [5.74, 6) is 0.607. The fourth-order valence-corrected chi connectivity index (χ4v) is 3.13. The predicted molar refractivity (Wildman–Crippen MR) is 94.1 cm³/mol. The summed E-state index contributed by atoms with van der Waals surface area (Å²) in [5.41, 5.74) is 1.72. The van der Waals surface area contributed by atoms with Gasteiger partial charge in [-0.2, -0.15) is 0 Å². The molecule has 1 aromatic carbocycles. The molecule has 24 heavy (non-hydrogen) atoms. The second-order valence-electron chi connectivity index (χ2n) is 6.04. The molecule has 0 saturated carbocycles. The van der Waals surface area contributed by atoms with Crippen LogP contribution in [0.2, 0.25) is 5.02 Å². The lowest BCUT2D eigenvalue weighted by atomic mass is 10.1. The molecule has 0 unspecified atom stereocenters. The highest BCUT2D eigenvalue weighted by Crippen LogP contribution is 2.23. The first-order chi connectivity index (χ1) is 11.5. The molecule has 1 aliphatic rings. The molecule has 1 fully saturated rings. The molecule has 6 heteroatoms. The lowest BCUT2D eigenvalue weighted by molar-refractivity contribution is 0.0576. The quantitative estimate of drug-likeness (QED) is 0.859. The first-order valence-corrected chi connectivity index (χ1v) is 8.51. The van der Waals surface area contributed by atoms with E-state index >= 15 is 0 Å². The Morgan fingerprint density at radius 3 is 2.42 bits per heavy atom. The summed E-state index contributed by atoms with van der Waals surface area (Å²) in [6, 6.07) is 9.95. The zero-order chi connectivity index (χ0) is 17.1. The molecule has 5 nitrogen and oxygen atoms in total. The number of hydrogen-bond donors (Lipinski definition) is 0. The molecule has 3 rings (SSSR count). The Morgan fingerprint density at radius 2 is 1.79 bits per heavy atom. The van der Waals surface area contributed by atoms with Gasteiger partial charge in [0.1, 0.15) is 11.5 Å². The summed E-state index contributed by atoms with van der Waals surface area (Å²) >= 11 is 5.96. The van der Waals surface area contributed by atoms with Crippen molar-refractivity contribution in [3.05, 3.63) is 58.6 Å². The topological polar surface area (TPSA) is 49.3 Å². The highest BCUT2D eigenvalue weighted by atomic mass is 35.5. The van der Waals surface area contributed by atoms with E-state index in [9.17, 15) is 4.79 Å². The highest BCUT2D eigenvalue weighted by Gasteiger charge is 2.26. The third-order valence-electron chi connectivity index (χ3n) is 4.50. The van der Waals surface area contributed by atoms with Gasteiger partial charge in [-0.15, -0.1) is 0 Å². The van der Waals surface area contributed by atoms with Gasteiger partial charge in [0.2, 0.25) is 0 Å². The molecule has 0 radical (unpaired) electrons. The van der Waals surface area contributed by atoms with Gasteiger partial charge in [-0.1, -0.05) is 23.7 Å². The van der Waals surface area contributed by atoms with Crippen molar-refractivity contribution in [1.82, 2.24) is 19.8 Å². The van der Waals surface area contributed by atoms with E-state index in [2.05, 4.69) is 33.9 Å². The first-order valence-electron chi connectivity index (χ1n) is 8.13. The number of benzene rings is 1. The lowest BCUT2D eigenvalue weighted by Gasteiger charge is -2.38. The number of hydrogen-bond acceptors (Lipinski definition) is 4. The molecule has 1 saturated heterocycles. The lowest BCUT2D eigenvalue weighted by Crippen LogP contribution is -2.49. The van der Waals surface area contributed by atoms with E-state index in [1.807, 2.05) is 17.0 Å². The van der Waals surface area contributed by atoms with Gasteiger partial charge in [-0.25, -0.2) is 9.97 Å². The Morgan fingerprint density at radius 1 is 1.12 bits per heavy atom. The molecule has 0 bridgehead atoms. The third-order valence-corrected chi connectivity index (χ3v) is 4.75. The fraction of sp³-hybridized carbons (Fsp3) is 0.389. The molecular formula is C18H21ClN4O. The van der Waals surface area contributed by atoms with Crippen molar-refractivity contribution < 1.29 is 4.79 Å². The zero-order valence-electron chi connectivity index (χ0n) is 13.9. The summed E-state index contributed by atoms with van der Waals surface area (Å²) in [6.45, 7) is 7.09. The molecule has 0 spiro atoms. The number of aromatic nitrogens is 2. The van der Waals surface area contributed by atoms with E-state index < -0.39 is 0 Å². The van der Waals surface area contributed by atoms with Gasteiger partial charge in [0.05, 0.1) is 0 Å². The summed E-state index contributed by atoms with van der Waals surface area (Å²) in [7, 11) is 0. The van der Waals surface area contributed by atoms with Gasteiger partial charge in [0.15, 0.2) is 0 Å². The van der Waals surface area contributed by atoms with Crippen molar-refractivity contribution in [3.63, 3.8) is 0 Å². The molecule has 1 amide bonds. The SMILES string of the molecule is Cc1nccc(C(=O)N2CCN([C@@H](C)c3ccc(Cl)cc3)CC2)n1. The van der Waals surface area contributed by atoms with Crippen LogP contribution in [0.15, 0.2) is 36.5 Å². The van der Waals surface area contributed by atoms with Gasteiger partial charge in [-0.05, 0) is 37.6 Å². The Hall–Kier alpha value is -1.98. The van der Waals surface area contributed by atoms with Crippen LogP contribution < -0.4 is 0 Å². The number of halogens is 1. The van der Waals surface area contributed by atoms with Gasteiger partial charge in [-0.3, -0.25) is 9.69 Å². The van der Waals surface area contributed by atoms with E-state index in [0.29, 0.717) is 30.6 Å². The maximum absolute atomic E-state index is 12.5. The van der Waals surface area contributed by atoms with E-state index in [0.717, 1.165) is 18.1 Å². The standard InChI is InChI=1S/C18H21ClN4O/c1-13(15-3-5-16(19)6-4-15)22-9-11-23(12-10-22)18(24)17-7-8-20-14(2)21-17/h3-8,13H,9-12H2,1-2H3/t13-/m0/s1. The van der Waals surface area contributed by atoms with Crippen LogP contribution in [0.3, 0.4) is 0 Å². The Balaban J connectivity index is 1.61. The van der Waals surface area contributed by atoms with Gasteiger partial charge >= 0.3 is 0 Å². The highest BCUT2D eigenvalue weighted by molar-refractivity contribution is 6.30. The van der Waals surface area contributed by atoms with Crippen molar-refractivity contribution in [1.29, 1.82) is 0 Å². The first kappa shape index (κ1) is 16.9. The van der Waals surface area contributed by atoms with Crippen LogP contribution in [0, 0.1) is 6.92 Å². The van der Waals surface area contributed by atoms with E-state index in [4.69, 9.17) is 11.6 Å². The van der Waals surface area contributed by atoms with Crippen LogP contribution in [-0.2, 0) is 0 Å². The Kier molecular flexibility index (Phi) is 5.11. The normalized spacial score (nSPS) is 16.9. The number of nitrogens with zero attached hydrogens (tertiary/aromatic N) is 4. The van der Waals surface area contributed by atoms with Crippen molar-refractivity contribution in [2.75, 3.05) is 26.2 Å². The van der Waals surface area contributed by atoms with Crippen molar-refractivity contribution in [3.8, 4) is 0 Å². The van der Waals surface area contributed by atoms with Crippen LogP contribution in [0.25, 0.3) is 0 Å². The van der Waals surface area contributed by atoms with Crippen LogP contribution in [0.4, 0.5) is 0 Å². The van der Waals surface area contributed by atoms with Crippen molar-refractivity contribution in [2.24, 2.45) is 0 Å². The summed E-state index contributed by atoms with van der Waals surface area (Å²) < 4.78 is 0.